The number of aliphatic hydroxyl groups excluding tert-OH is 1. The van der Waals surface area contributed by atoms with E-state index < -0.39 is 0 Å². The SMILES string of the molecule is O=C1CCN(Cc2ccc(Br)cc2)CCN1[C@H](CO)Cc1ccccc1. The van der Waals surface area contributed by atoms with Crippen LogP contribution in [0.2, 0.25) is 0 Å². The van der Waals surface area contributed by atoms with E-state index in [-0.39, 0.29) is 18.6 Å². The van der Waals surface area contributed by atoms with Crippen molar-refractivity contribution in [2.24, 2.45) is 0 Å². The van der Waals surface area contributed by atoms with Gasteiger partial charge in [0.15, 0.2) is 0 Å². The van der Waals surface area contributed by atoms with Crippen LogP contribution in [0.1, 0.15) is 17.5 Å². The van der Waals surface area contributed by atoms with Crippen molar-refractivity contribution >= 4 is 21.8 Å². The molecule has 0 bridgehead atoms. The molecule has 2 aromatic carbocycles. The largest absolute Gasteiger partial charge is 0.394 e. The quantitative estimate of drug-likeness (QED) is 0.786. The van der Waals surface area contributed by atoms with Gasteiger partial charge in [0.2, 0.25) is 5.91 Å². The van der Waals surface area contributed by atoms with Crippen LogP contribution in [0.5, 0.6) is 0 Å². The normalized spacial score (nSPS) is 17.2. The molecule has 1 aliphatic rings. The molecule has 1 heterocycles. The van der Waals surface area contributed by atoms with E-state index in [9.17, 15) is 9.90 Å². The maximum Gasteiger partial charge on any atom is 0.224 e. The summed E-state index contributed by atoms with van der Waals surface area (Å²) in [5, 5.41) is 9.86. The number of nitrogens with zero attached hydrogens (tertiary/aromatic N) is 2. The molecule has 0 radical (unpaired) electrons. The van der Waals surface area contributed by atoms with E-state index in [0.29, 0.717) is 19.4 Å². The Hall–Kier alpha value is -1.69. The molecule has 2 aromatic rings. The van der Waals surface area contributed by atoms with E-state index in [1.165, 1.54) is 5.56 Å². The summed E-state index contributed by atoms with van der Waals surface area (Å²) in [6.45, 7) is 3.08. The van der Waals surface area contributed by atoms with Gasteiger partial charge in [-0.05, 0) is 29.7 Å². The molecule has 0 spiro atoms. The standard InChI is InChI=1S/C21H25BrN2O2/c22-19-8-6-18(7-9-19)15-23-11-10-21(26)24(13-12-23)20(16-25)14-17-4-2-1-3-5-17/h1-9,20,25H,10-16H2/t20-/m0/s1. The van der Waals surface area contributed by atoms with Crippen molar-refractivity contribution in [3.05, 3.63) is 70.2 Å². The summed E-state index contributed by atoms with van der Waals surface area (Å²) >= 11 is 3.46. The van der Waals surface area contributed by atoms with Gasteiger partial charge in [-0.2, -0.15) is 0 Å². The van der Waals surface area contributed by atoms with E-state index in [0.717, 1.165) is 29.7 Å². The maximum absolute atomic E-state index is 12.6. The summed E-state index contributed by atoms with van der Waals surface area (Å²) in [7, 11) is 0. The first-order valence-electron chi connectivity index (χ1n) is 9.07. The van der Waals surface area contributed by atoms with Gasteiger partial charge in [0, 0.05) is 37.1 Å². The zero-order chi connectivity index (χ0) is 18.4. The number of carbonyl (C=O) groups is 1. The highest BCUT2D eigenvalue weighted by Gasteiger charge is 2.27. The first kappa shape index (κ1) is 19.1. The molecule has 5 heteroatoms. The van der Waals surface area contributed by atoms with Gasteiger partial charge in [-0.15, -0.1) is 0 Å². The Morgan fingerprint density at radius 3 is 2.38 bits per heavy atom. The molecule has 1 aliphatic heterocycles. The lowest BCUT2D eigenvalue weighted by Crippen LogP contribution is -2.44. The van der Waals surface area contributed by atoms with Gasteiger partial charge in [-0.25, -0.2) is 0 Å². The van der Waals surface area contributed by atoms with Crippen LogP contribution < -0.4 is 0 Å². The van der Waals surface area contributed by atoms with Gasteiger partial charge < -0.3 is 10.0 Å². The number of hydrogen-bond acceptors (Lipinski definition) is 3. The minimum absolute atomic E-state index is 0.00660. The lowest BCUT2D eigenvalue weighted by Gasteiger charge is -2.30. The number of halogens is 1. The molecule has 26 heavy (non-hydrogen) atoms. The molecule has 1 fully saturated rings. The molecule has 0 aromatic heterocycles. The van der Waals surface area contributed by atoms with Crippen LogP contribution in [0.25, 0.3) is 0 Å². The fraction of sp³-hybridized carbons (Fsp3) is 0.381. The third-order valence-electron chi connectivity index (χ3n) is 4.90. The fourth-order valence-corrected chi connectivity index (χ4v) is 3.70. The first-order chi connectivity index (χ1) is 12.7. The van der Waals surface area contributed by atoms with Crippen molar-refractivity contribution in [3.63, 3.8) is 0 Å². The van der Waals surface area contributed by atoms with Gasteiger partial charge in [-0.3, -0.25) is 9.69 Å². The Morgan fingerprint density at radius 1 is 0.962 bits per heavy atom. The molecule has 4 nitrogen and oxygen atoms in total. The van der Waals surface area contributed by atoms with Crippen LogP contribution in [0, 0.1) is 0 Å². The maximum atomic E-state index is 12.6. The van der Waals surface area contributed by atoms with Crippen LogP contribution in [0.4, 0.5) is 0 Å². The predicted molar refractivity (Wildman–Crippen MR) is 107 cm³/mol. The number of aliphatic hydroxyl groups is 1. The van der Waals surface area contributed by atoms with Crippen molar-refractivity contribution in [2.45, 2.75) is 25.4 Å². The van der Waals surface area contributed by atoms with Gasteiger partial charge in [0.25, 0.3) is 0 Å². The number of amides is 1. The molecule has 0 aliphatic carbocycles. The molecule has 3 rings (SSSR count). The van der Waals surface area contributed by atoms with Crippen LogP contribution in [-0.4, -0.2) is 53.1 Å². The molecule has 1 amide bonds. The molecule has 0 unspecified atom stereocenters. The fourth-order valence-electron chi connectivity index (χ4n) is 3.43. The smallest absolute Gasteiger partial charge is 0.224 e. The lowest BCUT2D eigenvalue weighted by atomic mass is 10.0. The Kier molecular flexibility index (Phi) is 6.83. The monoisotopic (exact) mass is 416 g/mol. The Balaban J connectivity index is 1.62. The van der Waals surface area contributed by atoms with E-state index in [2.05, 4.69) is 33.0 Å². The zero-order valence-electron chi connectivity index (χ0n) is 14.9. The van der Waals surface area contributed by atoms with Crippen LogP contribution in [0.3, 0.4) is 0 Å². The summed E-state index contributed by atoms with van der Waals surface area (Å²) < 4.78 is 1.07. The van der Waals surface area contributed by atoms with E-state index in [1.54, 1.807) is 0 Å². The van der Waals surface area contributed by atoms with Gasteiger partial charge in [0.05, 0.1) is 12.6 Å². The second-order valence-electron chi connectivity index (χ2n) is 6.77. The van der Waals surface area contributed by atoms with E-state index >= 15 is 0 Å². The van der Waals surface area contributed by atoms with Gasteiger partial charge >= 0.3 is 0 Å². The molecule has 1 atom stereocenters. The predicted octanol–water partition coefficient (Wildman–Crippen LogP) is 3.09. The average Bonchev–Trinajstić information content (AvgIpc) is 2.84. The molecule has 138 valence electrons. The third kappa shape index (κ3) is 5.16. The van der Waals surface area contributed by atoms with Crippen LogP contribution in [-0.2, 0) is 17.8 Å². The molecule has 0 saturated carbocycles. The number of benzene rings is 2. The summed E-state index contributed by atoms with van der Waals surface area (Å²) in [6.07, 6.45) is 1.19. The number of hydrogen-bond donors (Lipinski definition) is 1. The summed E-state index contributed by atoms with van der Waals surface area (Å²) in [6, 6.07) is 18.2. The Bertz CT molecular complexity index is 706. The van der Waals surface area contributed by atoms with Crippen LogP contribution >= 0.6 is 15.9 Å². The highest BCUT2D eigenvalue weighted by molar-refractivity contribution is 9.10. The van der Waals surface area contributed by atoms with Crippen molar-refractivity contribution in [3.8, 4) is 0 Å². The second-order valence-corrected chi connectivity index (χ2v) is 7.68. The minimum atomic E-state index is -0.155. The molecular weight excluding hydrogens is 392 g/mol. The topological polar surface area (TPSA) is 43.8 Å². The average molecular weight is 417 g/mol. The minimum Gasteiger partial charge on any atom is -0.394 e. The van der Waals surface area contributed by atoms with Crippen molar-refractivity contribution in [2.75, 3.05) is 26.2 Å². The third-order valence-corrected chi connectivity index (χ3v) is 5.43. The Morgan fingerprint density at radius 2 is 1.69 bits per heavy atom. The Labute approximate surface area is 163 Å². The van der Waals surface area contributed by atoms with Gasteiger partial charge in [-0.1, -0.05) is 58.4 Å². The van der Waals surface area contributed by atoms with Crippen LogP contribution in [0.15, 0.2) is 59.1 Å². The van der Waals surface area contributed by atoms with Crippen molar-refractivity contribution < 1.29 is 9.90 Å². The summed E-state index contributed by atoms with van der Waals surface area (Å²) in [4.78, 5) is 16.8. The van der Waals surface area contributed by atoms with Crippen molar-refractivity contribution in [1.82, 2.24) is 9.80 Å². The second kappa shape index (κ2) is 9.31. The molecular formula is C21H25BrN2O2. The zero-order valence-corrected chi connectivity index (χ0v) is 16.4. The first-order valence-corrected chi connectivity index (χ1v) is 9.86. The highest BCUT2D eigenvalue weighted by atomic mass is 79.9. The number of carbonyl (C=O) groups excluding carboxylic acids is 1. The van der Waals surface area contributed by atoms with Gasteiger partial charge in [0.1, 0.15) is 0 Å². The summed E-state index contributed by atoms with van der Waals surface area (Å²) in [5.41, 5.74) is 2.40. The summed E-state index contributed by atoms with van der Waals surface area (Å²) in [5.74, 6) is 0.137. The van der Waals surface area contributed by atoms with E-state index in [4.69, 9.17) is 0 Å². The molecule has 1 saturated heterocycles. The lowest BCUT2D eigenvalue weighted by molar-refractivity contribution is -0.133. The van der Waals surface area contributed by atoms with E-state index in [1.807, 2.05) is 47.4 Å². The molecule has 1 N–H and O–H groups in total. The highest BCUT2D eigenvalue weighted by Crippen LogP contribution is 2.16. The number of rotatable bonds is 6. The van der Waals surface area contributed by atoms with Crippen molar-refractivity contribution in [1.29, 1.82) is 0 Å².